The molecule has 88 valence electrons. The minimum Gasteiger partial charge on any atom is -0.317 e. The van der Waals surface area contributed by atoms with E-state index < -0.39 is 0 Å². The van der Waals surface area contributed by atoms with Gasteiger partial charge >= 0.3 is 0 Å². The summed E-state index contributed by atoms with van der Waals surface area (Å²) in [6, 6.07) is 0. The minimum atomic E-state index is 0.521. The van der Waals surface area contributed by atoms with Crippen molar-refractivity contribution in [2.75, 3.05) is 13.1 Å². The van der Waals surface area contributed by atoms with Crippen LogP contribution in [0.5, 0.6) is 0 Å². The van der Waals surface area contributed by atoms with Gasteiger partial charge in [-0.25, -0.2) is 9.97 Å². The quantitative estimate of drug-likeness (QED) is 0.830. The van der Waals surface area contributed by atoms with Crippen LogP contribution < -0.4 is 5.32 Å². The zero-order valence-electron chi connectivity index (χ0n) is 10.2. The molecule has 0 spiro atoms. The predicted molar refractivity (Wildman–Crippen MR) is 65.6 cm³/mol. The molecule has 3 heteroatoms. The van der Waals surface area contributed by atoms with Crippen molar-refractivity contribution in [2.24, 2.45) is 0 Å². The standard InChI is InChI=1S/C13H21N3/c1-10(2)12-8-15-9-16-13(12)11-4-3-6-14-7-5-11/h8-11,14H,3-7H2,1-2H3. The maximum absolute atomic E-state index is 4.53. The van der Waals surface area contributed by atoms with E-state index in [2.05, 4.69) is 29.1 Å². The van der Waals surface area contributed by atoms with Gasteiger partial charge in [-0.05, 0) is 43.8 Å². The van der Waals surface area contributed by atoms with Gasteiger partial charge in [-0.2, -0.15) is 0 Å². The smallest absolute Gasteiger partial charge is 0.115 e. The Morgan fingerprint density at radius 3 is 3.00 bits per heavy atom. The highest BCUT2D eigenvalue weighted by atomic mass is 14.9. The normalized spacial score (nSPS) is 22.1. The zero-order valence-corrected chi connectivity index (χ0v) is 10.2. The first-order valence-corrected chi connectivity index (χ1v) is 6.29. The molecule has 1 atom stereocenters. The summed E-state index contributed by atoms with van der Waals surface area (Å²) in [5.41, 5.74) is 2.61. The third-order valence-electron chi connectivity index (χ3n) is 3.36. The van der Waals surface area contributed by atoms with Gasteiger partial charge in [0.2, 0.25) is 0 Å². The van der Waals surface area contributed by atoms with Gasteiger partial charge in [0.15, 0.2) is 0 Å². The molecule has 0 radical (unpaired) electrons. The monoisotopic (exact) mass is 219 g/mol. The topological polar surface area (TPSA) is 37.8 Å². The van der Waals surface area contributed by atoms with Gasteiger partial charge in [0.25, 0.3) is 0 Å². The molecule has 1 aliphatic heterocycles. The molecule has 1 saturated heterocycles. The Morgan fingerprint density at radius 2 is 2.19 bits per heavy atom. The first-order chi connectivity index (χ1) is 7.79. The molecule has 1 N–H and O–H groups in total. The van der Waals surface area contributed by atoms with Crippen LogP contribution in [0.2, 0.25) is 0 Å². The van der Waals surface area contributed by atoms with E-state index in [1.165, 1.54) is 30.5 Å². The largest absolute Gasteiger partial charge is 0.317 e. The van der Waals surface area contributed by atoms with Crippen LogP contribution in [-0.2, 0) is 0 Å². The lowest BCUT2D eigenvalue weighted by atomic mass is 9.90. The van der Waals surface area contributed by atoms with Crippen molar-refractivity contribution in [1.82, 2.24) is 15.3 Å². The van der Waals surface area contributed by atoms with E-state index in [-0.39, 0.29) is 0 Å². The molecule has 1 aromatic heterocycles. The third kappa shape index (κ3) is 2.59. The summed E-state index contributed by atoms with van der Waals surface area (Å²) in [4.78, 5) is 8.68. The maximum Gasteiger partial charge on any atom is 0.115 e. The number of aromatic nitrogens is 2. The second-order valence-electron chi connectivity index (χ2n) is 4.90. The highest BCUT2D eigenvalue weighted by Crippen LogP contribution is 2.29. The Balaban J connectivity index is 2.23. The maximum atomic E-state index is 4.53. The lowest BCUT2D eigenvalue weighted by molar-refractivity contribution is 0.579. The fourth-order valence-electron chi connectivity index (χ4n) is 2.43. The van der Waals surface area contributed by atoms with Crippen LogP contribution in [0, 0.1) is 0 Å². The number of hydrogen-bond donors (Lipinski definition) is 1. The first-order valence-electron chi connectivity index (χ1n) is 6.29. The average molecular weight is 219 g/mol. The highest BCUT2D eigenvalue weighted by molar-refractivity contribution is 5.23. The molecular weight excluding hydrogens is 198 g/mol. The molecule has 1 aliphatic rings. The number of nitrogens with zero attached hydrogens (tertiary/aromatic N) is 2. The summed E-state index contributed by atoms with van der Waals surface area (Å²) in [5, 5.41) is 3.45. The van der Waals surface area contributed by atoms with Crippen LogP contribution in [0.4, 0.5) is 0 Å². The van der Waals surface area contributed by atoms with Crippen LogP contribution in [0.1, 0.15) is 56.2 Å². The van der Waals surface area contributed by atoms with Gasteiger partial charge in [-0.15, -0.1) is 0 Å². The molecule has 0 aromatic carbocycles. The van der Waals surface area contributed by atoms with Crippen LogP contribution in [0.15, 0.2) is 12.5 Å². The van der Waals surface area contributed by atoms with E-state index in [1.807, 2.05) is 6.20 Å². The second-order valence-corrected chi connectivity index (χ2v) is 4.90. The van der Waals surface area contributed by atoms with E-state index in [1.54, 1.807) is 6.33 Å². The highest BCUT2D eigenvalue weighted by Gasteiger charge is 2.19. The van der Waals surface area contributed by atoms with E-state index in [9.17, 15) is 0 Å². The molecule has 0 bridgehead atoms. The van der Waals surface area contributed by atoms with Crippen molar-refractivity contribution in [3.63, 3.8) is 0 Å². The van der Waals surface area contributed by atoms with Gasteiger partial charge < -0.3 is 5.32 Å². The van der Waals surface area contributed by atoms with E-state index in [4.69, 9.17) is 0 Å². The molecule has 0 amide bonds. The number of hydrogen-bond acceptors (Lipinski definition) is 3. The SMILES string of the molecule is CC(C)c1cncnc1C1CCCNCC1. The third-order valence-corrected chi connectivity index (χ3v) is 3.36. The Labute approximate surface area is 97.7 Å². The molecule has 0 saturated carbocycles. The fraction of sp³-hybridized carbons (Fsp3) is 0.692. The summed E-state index contributed by atoms with van der Waals surface area (Å²) in [5.74, 6) is 1.14. The predicted octanol–water partition coefficient (Wildman–Crippen LogP) is 2.46. The Kier molecular flexibility index (Phi) is 3.88. The Bertz CT molecular complexity index is 328. The van der Waals surface area contributed by atoms with E-state index in [0.717, 1.165) is 13.1 Å². The molecule has 1 fully saturated rings. The summed E-state index contributed by atoms with van der Waals surface area (Å²) >= 11 is 0. The molecule has 16 heavy (non-hydrogen) atoms. The van der Waals surface area contributed by atoms with Crippen molar-refractivity contribution in [2.45, 2.75) is 44.9 Å². The van der Waals surface area contributed by atoms with Crippen LogP contribution >= 0.6 is 0 Å². The minimum absolute atomic E-state index is 0.521. The molecule has 1 unspecified atom stereocenters. The lowest BCUT2D eigenvalue weighted by Crippen LogP contribution is -2.14. The lowest BCUT2D eigenvalue weighted by Gasteiger charge is -2.18. The summed E-state index contributed by atoms with van der Waals surface area (Å²) < 4.78 is 0. The molecule has 2 rings (SSSR count). The van der Waals surface area contributed by atoms with Crippen molar-refractivity contribution >= 4 is 0 Å². The summed E-state index contributed by atoms with van der Waals surface area (Å²) in [6.07, 6.45) is 7.40. The first kappa shape index (κ1) is 11.5. The van der Waals surface area contributed by atoms with Gasteiger partial charge in [0, 0.05) is 12.1 Å². The zero-order chi connectivity index (χ0) is 11.4. The summed E-state index contributed by atoms with van der Waals surface area (Å²) in [6.45, 7) is 6.71. The number of nitrogens with one attached hydrogen (secondary N) is 1. The van der Waals surface area contributed by atoms with Crippen molar-refractivity contribution in [3.05, 3.63) is 23.8 Å². The molecule has 0 aliphatic carbocycles. The van der Waals surface area contributed by atoms with Crippen LogP contribution in [0.3, 0.4) is 0 Å². The summed E-state index contributed by atoms with van der Waals surface area (Å²) in [7, 11) is 0. The molecular formula is C13H21N3. The number of rotatable bonds is 2. The van der Waals surface area contributed by atoms with Gasteiger partial charge in [-0.3, -0.25) is 0 Å². The van der Waals surface area contributed by atoms with Crippen molar-refractivity contribution in [1.29, 1.82) is 0 Å². The van der Waals surface area contributed by atoms with Crippen molar-refractivity contribution < 1.29 is 0 Å². The Hall–Kier alpha value is -0.960. The molecule has 3 nitrogen and oxygen atoms in total. The van der Waals surface area contributed by atoms with E-state index in [0.29, 0.717) is 11.8 Å². The van der Waals surface area contributed by atoms with Crippen LogP contribution in [0.25, 0.3) is 0 Å². The van der Waals surface area contributed by atoms with Gasteiger partial charge in [-0.1, -0.05) is 13.8 Å². The molecule has 1 aromatic rings. The molecule has 2 heterocycles. The van der Waals surface area contributed by atoms with Crippen molar-refractivity contribution in [3.8, 4) is 0 Å². The second kappa shape index (κ2) is 5.39. The van der Waals surface area contributed by atoms with Gasteiger partial charge in [0.1, 0.15) is 6.33 Å². The van der Waals surface area contributed by atoms with Crippen LogP contribution in [-0.4, -0.2) is 23.1 Å². The Morgan fingerprint density at radius 1 is 1.31 bits per heavy atom. The fourth-order valence-corrected chi connectivity index (χ4v) is 2.43. The van der Waals surface area contributed by atoms with E-state index >= 15 is 0 Å². The van der Waals surface area contributed by atoms with Gasteiger partial charge in [0.05, 0.1) is 5.69 Å². The average Bonchev–Trinajstić information content (AvgIpc) is 2.57.